The van der Waals surface area contributed by atoms with Crippen molar-refractivity contribution in [1.29, 1.82) is 0 Å². The number of anilines is 1. The fraction of sp³-hybridized carbons (Fsp3) is 0.294. The van der Waals surface area contributed by atoms with Gasteiger partial charge in [0, 0.05) is 22.9 Å². The van der Waals surface area contributed by atoms with Crippen LogP contribution in [0.1, 0.15) is 31.1 Å². The molecule has 25 heavy (non-hydrogen) atoms. The molecule has 2 unspecified atom stereocenters. The molecule has 0 aromatic heterocycles. The summed E-state index contributed by atoms with van der Waals surface area (Å²) in [5.41, 5.74) is 0.915. The van der Waals surface area contributed by atoms with Crippen molar-refractivity contribution in [2.24, 2.45) is 0 Å². The SMILES string of the molecule is CC(=O)c1ccc(NC(=O)/C=C(/C)C(=O)NC(C(=O)O)C(C)O)cc1. The van der Waals surface area contributed by atoms with Crippen LogP contribution in [0.15, 0.2) is 35.9 Å². The highest BCUT2D eigenvalue weighted by Crippen LogP contribution is 2.10. The van der Waals surface area contributed by atoms with E-state index in [1.807, 2.05) is 0 Å². The van der Waals surface area contributed by atoms with Crippen molar-refractivity contribution in [1.82, 2.24) is 5.32 Å². The third-order valence-electron chi connectivity index (χ3n) is 3.30. The summed E-state index contributed by atoms with van der Waals surface area (Å²) in [6.07, 6.45) is -0.280. The third kappa shape index (κ3) is 6.19. The number of amides is 2. The minimum Gasteiger partial charge on any atom is -0.480 e. The van der Waals surface area contributed by atoms with Gasteiger partial charge in [0.25, 0.3) is 0 Å². The summed E-state index contributed by atoms with van der Waals surface area (Å²) in [6, 6.07) is 4.73. The lowest BCUT2D eigenvalue weighted by molar-refractivity contribution is -0.144. The number of carboxylic acid groups (broad SMARTS) is 1. The standard InChI is InChI=1S/C17H20N2O6/c1-9(16(23)19-15(11(3)21)17(24)25)8-14(22)18-13-6-4-12(5-7-13)10(2)20/h4-8,11,15,21H,1-3H3,(H,18,22)(H,19,23)(H,24,25)/b9-8-. The Morgan fingerprint density at radius 1 is 1.08 bits per heavy atom. The highest BCUT2D eigenvalue weighted by molar-refractivity contribution is 6.06. The Morgan fingerprint density at radius 2 is 1.64 bits per heavy atom. The molecule has 1 aromatic rings. The number of hydrogen-bond donors (Lipinski definition) is 4. The monoisotopic (exact) mass is 348 g/mol. The zero-order chi connectivity index (χ0) is 19.1. The Labute approximate surface area is 144 Å². The van der Waals surface area contributed by atoms with Crippen molar-refractivity contribution in [3.63, 3.8) is 0 Å². The van der Waals surface area contributed by atoms with Crippen LogP contribution in [0.2, 0.25) is 0 Å². The number of aliphatic hydroxyl groups is 1. The van der Waals surface area contributed by atoms with Crippen LogP contribution in [0.4, 0.5) is 5.69 Å². The van der Waals surface area contributed by atoms with Crippen LogP contribution >= 0.6 is 0 Å². The molecule has 8 heteroatoms. The molecule has 4 N–H and O–H groups in total. The summed E-state index contributed by atoms with van der Waals surface area (Å²) in [5, 5.41) is 22.9. The topological polar surface area (TPSA) is 133 Å². The number of rotatable bonds is 7. The van der Waals surface area contributed by atoms with Crippen molar-refractivity contribution in [2.45, 2.75) is 32.9 Å². The highest BCUT2D eigenvalue weighted by Gasteiger charge is 2.25. The van der Waals surface area contributed by atoms with E-state index in [1.165, 1.54) is 20.8 Å². The smallest absolute Gasteiger partial charge is 0.328 e. The number of carbonyl (C=O) groups excluding carboxylic acids is 3. The molecule has 0 bridgehead atoms. The maximum absolute atomic E-state index is 11.9. The van der Waals surface area contributed by atoms with Gasteiger partial charge in [-0.2, -0.15) is 0 Å². The van der Waals surface area contributed by atoms with E-state index >= 15 is 0 Å². The third-order valence-corrected chi connectivity index (χ3v) is 3.30. The van der Waals surface area contributed by atoms with Gasteiger partial charge in [0.1, 0.15) is 0 Å². The molecule has 0 aliphatic rings. The van der Waals surface area contributed by atoms with Gasteiger partial charge in [-0.15, -0.1) is 0 Å². The molecule has 0 saturated carbocycles. The summed E-state index contributed by atoms with van der Waals surface area (Å²) in [4.78, 5) is 45.9. The van der Waals surface area contributed by atoms with Gasteiger partial charge in [-0.25, -0.2) is 4.79 Å². The van der Waals surface area contributed by atoms with E-state index in [9.17, 15) is 24.3 Å². The maximum Gasteiger partial charge on any atom is 0.328 e. The van der Waals surface area contributed by atoms with E-state index in [2.05, 4.69) is 10.6 Å². The molecule has 0 aliphatic carbocycles. The second-order valence-corrected chi connectivity index (χ2v) is 5.48. The normalized spacial score (nSPS) is 13.5. The van der Waals surface area contributed by atoms with E-state index in [1.54, 1.807) is 24.3 Å². The first-order valence-corrected chi connectivity index (χ1v) is 7.44. The van der Waals surface area contributed by atoms with Crippen molar-refractivity contribution < 1.29 is 29.4 Å². The second-order valence-electron chi connectivity index (χ2n) is 5.48. The van der Waals surface area contributed by atoms with Crippen LogP contribution in [0, 0.1) is 0 Å². The Hall–Kier alpha value is -3.00. The fourth-order valence-corrected chi connectivity index (χ4v) is 1.87. The molecule has 0 saturated heterocycles. The molecular weight excluding hydrogens is 328 g/mol. The molecule has 2 amide bonds. The van der Waals surface area contributed by atoms with E-state index < -0.39 is 29.9 Å². The summed E-state index contributed by atoms with van der Waals surface area (Å²) in [6.45, 7) is 4.00. The van der Waals surface area contributed by atoms with Crippen molar-refractivity contribution >= 4 is 29.3 Å². The Bertz CT molecular complexity index is 706. The number of aliphatic hydroxyl groups excluding tert-OH is 1. The van der Waals surface area contributed by atoms with Crippen molar-refractivity contribution in [3.8, 4) is 0 Å². The molecule has 0 aliphatic heterocycles. The number of carboxylic acids is 1. The molecule has 1 aromatic carbocycles. The van der Waals surface area contributed by atoms with E-state index in [0.29, 0.717) is 11.3 Å². The zero-order valence-electron chi connectivity index (χ0n) is 14.1. The molecule has 8 nitrogen and oxygen atoms in total. The van der Waals surface area contributed by atoms with E-state index in [4.69, 9.17) is 5.11 Å². The van der Waals surface area contributed by atoms with Gasteiger partial charge in [-0.1, -0.05) is 0 Å². The van der Waals surface area contributed by atoms with Crippen LogP contribution in [0.25, 0.3) is 0 Å². The van der Waals surface area contributed by atoms with Gasteiger partial charge in [0.2, 0.25) is 11.8 Å². The molecule has 0 heterocycles. The van der Waals surface area contributed by atoms with Crippen LogP contribution in [-0.4, -0.2) is 45.9 Å². The molecule has 0 radical (unpaired) electrons. The van der Waals surface area contributed by atoms with Crippen LogP contribution in [0.3, 0.4) is 0 Å². The number of Topliss-reactive ketones (excluding diaryl/α,β-unsaturated/α-hetero) is 1. The van der Waals surface area contributed by atoms with Crippen LogP contribution < -0.4 is 10.6 Å². The maximum atomic E-state index is 11.9. The van der Waals surface area contributed by atoms with Gasteiger partial charge in [-0.05, 0) is 45.0 Å². The average molecular weight is 348 g/mol. The minimum atomic E-state index is -1.47. The second kappa shape index (κ2) is 8.74. The highest BCUT2D eigenvalue weighted by atomic mass is 16.4. The molecule has 134 valence electrons. The average Bonchev–Trinajstić information content (AvgIpc) is 2.51. The predicted molar refractivity (Wildman–Crippen MR) is 90.1 cm³/mol. The predicted octanol–water partition coefficient (Wildman–Crippen LogP) is 0.724. The van der Waals surface area contributed by atoms with Crippen LogP contribution in [-0.2, 0) is 14.4 Å². The number of hydrogen-bond acceptors (Lipinski definition) is 5. The van der Waals surface area contributed by atoms with Gasteiger partial charge >= 0.3 is 5.97 Å². The number of carbonyl (C=O) groups is 4. The lowest BCUT2D eigenvalue weighted by atomic mass is 10.1. The summed E-state index contributed by atoms with van der Waals surface area (Å²) >= 11 is 0. The van der Waals surface area contributed by atoms with Gasteiger partial charge in [0.15, 0.2) is 11.8 Å². The van der Waals surface area contributed by atoms with Gasteiger partial charge < -0.3 is 20.8 Å². The van der Waals surface area contributed by atoms with E-state index in [0.717, 1.165) is 6.08 Å². The molecule has 2 atom stereocenters. The summed E-state index contributed by atoms with van der Waals surface area (Å²) in [7, 11) is 0. The molecule has 0 fully saturated rings. The minimum absolute atomic E-state index is 0.0234. The Morgan fingerprint density at radius 3 is 2.08 bits per heavy atom. The molecule has 0 spiro atoms. The molecular formula is C17H20N2O6. The first kappa shape index (κ1) is 20.0. The number of benzene rings is 1. The number of aliphatic carboxylic acids is 1. The lowest BCUT2D eigenvalue weighted by Crippen LogP contribution is -2.47. The zero-order valence-corrected chi connectivity index (χ0v) is 14.1. The molecule has 1 rings (SSSR count). The summed E-state index contributed by atoms with van der Waals surface area (Å²) < 4.78 is 0. The van der Waals surface area contributed by atoms with Gasteiger partial charge in [-0.3, -0.25) is 14.4 Å². The Balaban J connectivity index is 2.73. The number of nitrogens with one attached hydrogen (secondary N) is 2. The van der Waals surface area contributed by atoms with Gasteiger partial charge in [0.05, 0.1) is 6.10 Å². The van der Waals surface area contributed by atoms with Crippen LogP contribution in [0.5, 0.6) is 0 Å². The van der Waals surface area contributed by atoms with Crippen molar-refractivity contribution in [3.05, 3.63) is 41.5 Å². The summed E-state index contributed by atoms with van der Waals surface area (Å²) in [5.74, 6) is -2.86. The quantitative estimate of drug-likeness (QED) is 0.424. The Kier molecular flexibility index (Phi) is 7.01. The lowest BCUT2D eigenvalue weighted by Gasteiger charge is -2.17. The first-order valence-electron chi connectivity index (χ1n) is 7.44. The number of ketones is 1. The van der Waals surface area contributed by atoms with E-state index in [-0.39, 0.29) is 11.4 Å². The largest absolute Gasteiger partial charge is 0.480 e. The first-order chi connectivity index (χ1) is 11.6. The van der Waals surface area contributed by atoms with Crippen molar-refractivity contribution in [2.75, 3.05) is 5.32 Å². The fourth-order valence-electron chi connectivity index (χ4n) is 1.87.